The highest BCUT2D eigenvalue weighted by Gasteiger charge is 2.10. The highest BCUT2D eigenvalue weighted by atomic mass is 16.5. The van der Waals surface area contributed by atoms with Gasteiger partial charge in [0.15, 0.2) is 5.82 Å². The molecular weight excluding hydrogens is 340 g/mol. The first-order chi connectivity index (χ1) is 12.5. The molecule has 0 spiro atoms. The standard InChI is InChI=1S/C15H18N8O3/c1-9-3-4-10(14-19-22-23(2)20-14)7-11(9)17-15(25)16-6-5-12-18-13(8-24)26-21-12/h3-4,7,24H,5-6,8H2,1-2H3,(H2,16,17,25). The Labute approximate surface area is 148 Å². The summed E-state index contributed by atoms with van der Waals surface area (Å²) < 4.78 is 4.78. The molecular formula is C15H18N8O3. The molecule has 0 saturated carbocycles. The first-order valence-corrected chi connectivity index (χ1v) is 7.87. The normalized spacial score (nSPS) is 10.7. The van der Waals surface area contributed by atoms with Gasteiger partial charge in [0, 0.05) is 24.2 Å². The largest absolute Gasteiger partial charge is 0.387 e. The van der Waals surface area contributed by atoms with E-state index in [1.807, 2.05) is 19.1 Å². The van der Waals surface area contributed by atoms with Gasteiger partial charge in [-0.3, -0.25) is 0 Å². The van der Waals surface area contributed by atoms with Crippen molar-refractivity contribution < 1.29 is 14.4 Å². The molecule has 26 heavy (non-hydrogen) atoms. The molecule has 1 aromatic carbocycles. The smallest absolute Gasteiger partial charge is 0.319 e. The Morgan fingerprint density at radius 1 is 1.38 bits per heavy atom. The highest BCUT2D eigenvalue weighted by molar-refractivity contribution is 5.90. The summed E-state index contributed by atoms with van der Waals surface area (Å²) in [4.78, 5) is 17.4. The molecule has 11 heteroatoms. The van der Waals surface area contributed by atoms with E-state index in [2.05, 4.69) is 36.2 Å². The van der Waals surface area contributed by atoms with Gasteiger partial charge in [-0.2, -0.15) is 9.78 Å². The van der Waals surface area contributed by atoms with Gasteiger partial charge in [0.2, 0.25) is 5.82 Å². The van der Waals surface area contributed by atoms with Crippen molar-refractivity contribution in [3.63, 3.8) is 0 Å². The second kappa shape index (κ2) is 7.70. The molecule has 0 unspecified atom stereocenters. The van der Waals surface area contributed by atoms with Crippen LogP contribution in [0.3, 0.4) is 0 Å². The van der Waals surface area contributed by atoms with Crippen LogP contribution in [0.15, 0.2) is 22.7 Å². The van der Waals surface area contributed by atoms with Gasteiger partial charge in [-0.25, -0.2) is 4.79 Å². The Hall–Kier alpha value is -3.34. The minimum Gasteiger partial charge on any atom is -0.387 e. The fraction of sp³-hybridized carbons (Fsp3) is 0.333. The van der Waals surface area contributed by atoms with Crippen LogP contribution >= 0.6 is 0 Å². The van der Waals surface area contributed by atoms with Gasteiger partial charge < -0.3 is 20.3 Å². The molecule has 2 amide bonds. The average molecular weight is 358 g/mol. The molecule has 0 radical (unpaired) electrons. The summed E-state index contributed by atoms with van der Waals surface area (Å²) in [5.41, 5.74) is 2.30. The van der Waals surface area contributed by atoms with Crippen molar-refractivity contribution in [1.29, 1.82) is 0 Å². The molecule has 3 aromatic rings. The highest BCUT2D eigenvalue weighted by Crippen LogP contribution is 2.22. The number of aryl methyl sites for hydroxylation is 2. The third kappa shape index (κ3) is 4.19. The number of nitrogens with zero attached hydrogens (tertiary/aromatic N) is 6. The molecule has 3 N–H and O–H groups in total. The maximum Gasteiger partial charge on any atom is 0.319 e. The monoisotopic (exact) mass is 358 g/mol. The summed E-state index contributed by atoms with van der Waals surface area (Å²) in [5.74, 6) is 1.04. The van der Waals surface area contributed by atoms with Crippen molar-refractivity contribution in [3.05, 3.63) is 35.5 Å². The Morgan fingerprint density at radius 2 is 2.23 bits per heavy atom. The lowest BCUT2D eigenvalue weighted by atomic mass is 10.1. The van der Waals surface area contributed by atoms with Crippen LogP contribution in [0.4, 0.5) is 10.5 Å². The van der Waals surface area contributed by atoms with E-state index < -0.39 is 0 Å². The van der Waals surface area contributed by atoms with E-state index in [0.29, 0.717) is 30.3 Å². The number of urea groups is 1. The molecule has 0 atom stereocenters. The zero-order valence-electron chi connectivity index (χ0n) is 14.3. The topological polar surface area (TPSA) is 144 Å². The minimum absolute atomic E-state index is 0.148. The van der Waals surface area contributed by atoms with Gasteiger partial charge in [-0.15, -0.1) is 10.2 Å². The summed E-state index contributed by atoms with van der Waals surface area (Å²) >= 11 is 0. The number of benzene rings is 1. The molecule has 0 aliphatic carbocycles. The van der Waals surface area contributed by atoms with E-state index in [0.717, 1.165) is 11.1 Å². The minimum atomic E-state index is -0.358. The van der Waals surface area contributed by atoms with E-state index >= 15 is 0 Å². The number of aliphatic hydroxyl groups excluding tert-OH is 1. The van der Waals surface area contributed by atoms with Gasteiger partial charge in [-0.05, 0) is 23.8 Å². The van der Waals surface area contributed by atoms with Crippen LogP contribution in [0.5, 0.6) is 0 Å². The molecule has 0 bridgehead atoms. The number of hydrogen-bond donors (Lipinski definition) is 3. The summed E-state index contributed by atoms with van der Waals surface area (Å²) in [6.45, 7) is 1.90. The summed E-state index contributed by atoms with van der Waals surface area (Å²) in [6, 6.07) is 5.17. The Morgan fingerprint density at radius 3 is 2.92 bits per heavy atom. The van der Waals surface area contributed by atoms with Gasteiger partial charge in [0.25, 0.3) is 5.89 Å². The van der Waals surface area contributed by atoms with Gasteiger partial charge >= 0.3 is 6.03 Å². The van der Waals surface area contributed by atoms with E-state index in [4.69, 9.17) is 9.63 Å². The molecule has 2 aromatic heterocycles. The predicted octanol–water partition coefficient (Wildman–Crippen LogP) is 0.425. The van der Waals surface area contributed by atoms with Crippen LogP contribution in [-0.2, 0) is 20.1 Å². The number of carbonyl (C=O) groups is 1. The third-order valence-electron chi connectivity index (χ3n) is 3.53. The molecule has 11 nitrogen and oxygen atoms in total. The fourth-order valence-corrected chi connectivity index (χ4v) is 2.21. The maximum atomic E-state index is 12.1. The van der Waals surface area contributed by atoms with E-state index in [-0.39, 0.29) is 18.5 Å². The average Bonchev–Trinajstić information content (AvgIpc) is 3.26. The van der Waals surface area contributed by atoms with E-state index in [1.54, 1.807) is 13.1 Å². The van der Waals surface area contributed by atoms with Crippen molar-refractivity contribution in [2.75, 3.05) is 11.9 Å². The van der Waals surface area contributed by atoms with Crippen LogP contribution in [-0.4, -0.2) is 48.0 Å². The third-order valence-corrected chi connectivity index (χ3v) is 3.53. The van der Waals surface area contributed by atoms with Crippen molar-refractivity contribution >= 4 is 11.7 Å². The van der Waals surface area contributed by atoms with Crippen LogP contribution in [0.25, 0.3) is 11.4 Å². The number of hydrogen-bond acceptors (Lipinski definition) is 8. The molecule has 0 fully saturated rings. The Balaban J connectivity index is 1.58. The lowest BCUT2D eigenvalue weighted by molar-refractivity contribution is 0.222. The molecule has 0 aliphatic heterocycles. The fourth-order valence-electron chi connectivity index (χ4n) is 2.21. The Kier molecular flexibility index (Phi) is 5.17. The first-order valence-electron chi connectivity index (χ1n) is 7.87. The Bertz CT molecular complexity index is 904. The predicted molar refractivity (Wildman–Crippen MR) is 89.9 cm³/mol. The number of nitrogens with one attached hydrogen (secondary N) is 2. The maximum absolute atomic E-state index is 12.1. The summed E-state index contributed by atoms with van der Waals surface area (Å²) in [6.07, 6.45) is 0.388. The van der Waals surface area contributed by atoms with Crippen molar-refractivity contribution in [2.45, 2.75) is 20.0 Å². The van der Waals surface area contributed by atoms with Gasteiger partial charge in [-0.1, -0.05) is 17.3 Å². The summed E-state index contributed by atoms with van der Waals surface area (Å²) in [7, 11) is 1.69. The molecule has 3 rings (SSSR count). The molecule has 0 saturated heterocycles. The summed E-state index contributed by atoms with van der Waals surface area (Å²) in [5, 5.41) is 30.0. The van der Waals surface area contributed by atoms with Crippen molar-refractivity contribution in [2.24, 2.45) is 7.05 Å². The zero-order chi connectivity index (χ0) is 18.5. The molecule has 136 valence electrons. The number of anilines is 1. The number of tetrazole rings is 1. The lowest BCUT2D eigenvalue weighted by Crippen LogP contribution is -2.30. The van der Waals surface area contributed by atoms with Crippen LogP contribution in [0.2, 0.25) is 0 Å². The number of aliphatic hydroxyl groups is 1. The van der Waals surface area contributed by atoms with Crippen molar-refractivity contribution in [1.82, 2.24) is 35.7 Å². The molecule has 2 heterocycles. The second-order valence-electron chi connectivity index (χ2n) is 5.53. The zero-order valence-corrected chi connectivity index (χ0v) is 14.3. The van der Waals surface area contributed by atoms with E-state index in [1.165, 1.54) is 4.80 Å². The quantitative estimate of drug-likeness (QED) is 0.575. The first kappa shape index (κ1) is 17.5. The van der Waals surface area contributed by atoms with Gasteiger partial charge in [0.1, 0.15) is 6.61 Å². The van der Waals surface area contributed by atoms with Crippen LogP contribution < -0.4 is 10.6 Å². The SMILES string of the molecule is Cc1ccc(-c2nnn(C)n2)cc1NC(=O)NCCc1noc(CO)n1. The molecule has 0 aliphatic rings. The van der Waals surface area contributed by atoms with Crippen LogP contribution in [0, 0.1) is 6.92 Å². The second-order valence-corrected chi connectivity index (χ2v) is 5.53. The van der Waals surface area contributed by atoms with Gasteiger partial charge in [0.05, 0.1) is 7.05 Å². The van der Waals surface area contributed by atoms with Crippen molar-refractivity contribution in [3.8, 4) is 11.4 Å². The number of carbonyl (C=O) groups excluding carboxylic acids is 1. The lowest BCUT2D eigenvalue weighted by Gasteiger charge is -2.10. The van der Waals surface area contributed by atoms with E-state index in [9.17, 15) is 4.79 Å². The number of rotatable bonds is 6. The van der Waals surface area contributed by atoms with Crippen LogP contribution in [0.1, 0.15) is 17.3 Å². The number of aromatic nitrogens is 6. The number of amides is 2.